The molecule has 0 spiro atoms. The number of fused-ring (bicyclic) bond motifs is 1. The van der Waals surface area contributed by atoms with Crippen LogP contribution in [0.15, 0.2) is 35.6 Å². The number of para-hydroxylation sites is 1. The van der Waals surface area contributed by atoms with Crippen LogP contribution in [0, 0.1) is 0 Å². The number of carbonyl (C=O) groups is 1. The maximum atomic E-state index is 12.3. The largest absolute Gasteiger partial charge is 0.368 e. The number of aromatic nitrogens is 4. The van der Waals surface area contributed by atoms with Crippen molar-refractivity contribution in [2.45, 2.75) is 5.16 Å². The van der Waals surface area contributed by atoms with Crippen LogP contribution >= 0.6 is 11.8 Å². The van der Waals surface area contributed by atoms with Crippen molar-refractivity contribution in [1.82, 2.24) is 19.9 Å². The first-order valence-corrected chi connectivity index (χ1v) is 7.11. The second kappa shape index (κ2) is 5.41. The van der Waals surface area contributed by atoms with Crippen molar-refractivity contribution in [1.29, 1.82) is 0 Å². The number of ketones is 1. The van der Waals surface area contributed by atoms with Gasteiger partial charge in [-0.15, -0.1) is 0 Å². The minimum atomic E-state index is -0.0185. The predicted octanol–water partition coefficient (Wildman–Crippen LogP) is 1.49. The van der Waals surface area contributed by atoms with E-state index < -0.39 is 0 Å². The molecule has 0 amide bonds. The SMILES string of the molecule is Nc1nc(N)nc(SCC(=O)c2c[nH]c3ccccc23)n1. The van der Waals surface area contributed by atoms with Crippen LogP contribution < -0.4 is 11.5 Å². The summed E-state index contributed by atoms with van der Waals surface area (Å²) in [5, 5.41) is 1.24. The van der Waals surface area contributed by atoms with Crippen LogP contribution in [-0.2, 0) is 0 Å². The number of hydrogen-bond donors (Lipinski definition) is 3. The molecular formula is C13H12N6OS. The Morgan fingerprint density at radius 2 is 1.86 bits per heavy atom. The van der Waals surface area contributed by atoms with Crippen LogP contribution in [0.25, 0.3) is 10.9 Å². The highest BCUT2D eigenvalue weighted by molar-refractivity contribution is 7.99. The molecule has 3 aromatic rings. The van der Waals surface area contributed by atoms with Crippen LogP contribution in [0.4, 0.5) is 11.9 Å². The summed E-state index contributed by atoms with van der Waals surface area (Å²) in [5.74, 6) is 0.272. The van der Waals surface area contributed by atoms with E-state index in [1.165, 1.54) is 11.8 Å². The quantitative estimate of drug-likeness (QED) is 0.492. The number of nitrogen functional groups attached to an aromatic ring is 2. The fourth-order valence-corrected chi connectivity index (χ4v) is 2.69. The Hall–Kier alpha value is -2.61. The van der Waals surface area contributed by atoms with Crippen molar-refractivity contribution in [3.05, 3.63) is 36.0 Å². The molecule has 0 saturated carbocycles. The van der Waals surface area contributed by atoms with E-state index in [0.717, 1.165) is 10.9 Å². The van der Waals surface area contributed by atoms with Gasteiger partial charge in [0.15, 0.2) is 10.9 Å². The molecule has 2 heterocycles. The Morgan fingerprint density at radius 3 is 2.62 bits per heavy atom. The van der Waals surface area contributed by atoms with Gasteiger partial charge >= 0.3 is 0 Å². The monoisotopic (exact) mass is 300 g/mol. The van der Waals surface area contributed by atoms with Gasteiger partial charge < -0.3 is 16.5 Å². The van der Waals surface area contributed by atoms with Crippen molar-refractivity contribution in [3.63, 3.8) is 0 Å². The molecule has 106 valence electrons. The summed E-state index contributed by atoms with van der Waals surface area (Å²) in [6, 6.07) is 7.64. The summed E-state index contributed by atoms with van der Waals surface area (Å²) in [6.45, 7) is 0. The Kier molecular flexibility index (Phi) is 3.44. The number of aromatic amines is 1. The van der Waals surface area contributed by atoms with Gasteiger partial charge in [-0.3, -0.25) is 4.79 Å². The van der Waals surface area contributed by atoms with E-state index in [4.69, 9.17) is 11.5 Å². The van der Waals surface area contributed by atoms with Gasteiger partial charge in [0.05, 0.1) is 5.75 Å². The molecule has 7 nitrogen and oxygen atoms in total. The van der Waals surface area contributed by atoms with Crippen molar-refractivity contribution < 1.29 is 4.79 Å². The zero-order valence-corrected chi connectivity index (χ0v) is 11.7. The Labute approximate surface area is 124 Å². The van der Waals surface area contributed by atoms with Crippen molar-refractivity contribution in [3.8, 4) is 0 Å². The van der Waals surface area contributed by atoms with E-state index in [0.29, 0.717) is 10.7 Å². The van der Waals surface area contributed by atoms with Crippen LogP contribution in [-0.4, -0.2) is 31.5 Å². The third-order valence-corrected chi connectivity index (χ3v) is 3.72. The third-order valence-electron chi connectivity index (χ3n) is 2.87. The molecule has 0 aliphatic carbocycles. The normalized spacial score (nSPS) is 10.9. The van der Waals surface area contributed by atoms with Gasteiger partial charge in [0, 0.05) is 22.7 Å². The lowest BCUT2D eigenvalue weighted by Crippen LogP contribution is -2.06. The molecule has 8 heteroatoms. The number of nitrogens with one attached hydrogen (secondary N) is 1. The number of thioether (sulfide) groups is 1. The van der Waals surface area contributed by atoms with Gasteiger partial charge in [0.2, 0.25) is 11.9 Å². The molecule has 0 radical (unpaired) electrons. The smallest absolute Gasteiger partial charge is 0.225 e. The Balaban J connectivity index is 1.77. The Bertz CT molecular complexity index is 795. The number of Topliss-reactive ketones (excluding diaryl/α,β-unsaturated/α-hetero) is 1. The number of hydrogen-bond acceptors (Lipinski definition) is 7. The lowest BCUT2D eigenvalue weighted by atomic mass is 10.1. The molecular weight excluding hydrogens is 288 g/mol. The zero-order chi connectivity index (χ0) is 14.8. The minimum absolute atomic E-state index is 0.0185. The lowest BCUT2D eigenvalue weighted by Gasteiger charge is -2.01. The van der Waals surface area contributed by atoms with Crippen molar-refractivity contribution >= 4 is 40.3 Å². The fourth-order valence-electron chi connectivity index (χ4n) is 1.96. The molecule has 21 heavy (non-hydrogen) atoms. The second-order valence-electron chi connectivity index (χ2n) is 4.29. The first-order valence-electron chi connectivity index (χ1n) is 6.12. The van der Waals surface area contributed by atoms with Crippen molar-refractivity contribution in [2.24, 2.45) is 0 Å². The summed E-state index contributed by atoms with van der Waals surface area (Å²) in [5.41, 5.74) is 12.6. The summed E-state index contributed by atoms with van der Waals surface area (Å²) in [4.78, 5) is 26.9. The van der Waals surface area contributed by atoms with E-state index >= 15 is 0 Å². The van der Waals surface area contributed by atoms with Gasteiger partial charge in [-0.05, 0) is 6.07 Å². The molecule has 0 aliphatic heterocycles. The molecule has 1 aromatic carbocycles. The van der Waals surface area contributed by atoms with E-state index in [-0.39, 0.29) is 23.4 Å². The molecule has 3 rings (SSSR count). The Morgan fingerprint density at radius 1 is 1.14 bits per heavy atom. The molecule has 2 aromatic heterocycles. The highest BCUT2D eigenvalue weighted by Gasteiger charge is 2.13. The molecule has 5 N–H and O–H groups in total. The van der Waals surface area contributed by atoms with E-state index in [1.807, 2.05) is 24.3 Å². The minimum Gasteiger partial charge on any atom is -0.368 e. The average Bonchev–Trinajstić information content (AvgIpc) is 2.88. The summed E-state index contributed by atoms with van der Waals surface area (Å²) >= 11 is 1.18. The maximum Gasteiger partial charge on any atom is 0.225 e. The van der Waals surface area contributed by atoms with Crippen LogP contribution in [0.5, 0.6) is 0 Å². The molecule has 0 saturated heterocycles. The van der Waals surface area contributed by atoms with Crippen LogP contribution in [0.1, 0.15) is 10.4 Å². The number of H-pyrrole nitrogens is 1. The number of nitrogens with zero attached hydrogens (tertiary/aromatic N) is 3. The number of anilines is 2. The van der Waals surface area contributed by atoms with Crippen molar-refractivity contribution in [2.75, 3.05) is 17.2 Å². The summed E-state index contributed by atoms with van der Waals surface area (Å²) in [7, 11) is 0. The lowest BCUT2D eigenvalue weighted by molar-refractivity contribution is 0.102. The standard InChI is InChI=1S/C13H12N6OS/c14-11-17-12(15)19-13(18-11)21-6-10(20)8-5-16-9-4-2-1-3-7(8)9/h1-5,16H,6H2,(H4,14,15,17,18,19). The molecule has 0 aliphatic rings. The van der Waals surface area contributed by atoms with Gasteiger partial charge in [0.25, 0.3) is 0 Å². The highest BCUT2D eigenvalue weighted by Crippen LogP contribution is 2.21. The second-order valence-corrected chi connectivity index (χ2v) is 5.24. The fraction of sp³-hybridized carbons (Fsp3) is 0.0769. The summed E-state index contributed by atoms with van der Waals surface area (Å²) in [6.07, 6.45) is 1.71. The number of benzene rings is 1. The molecule has 0 unspecified atom stereocenters. The first-order chi connectivity index (χ1) is 10.1. The van der Waals surface area contributed by atoms with Crippen LogP contribution in [0.2, 0.25) is 0 Å². The van der Waals surface area contributed by atoms with E-state index in [9.17, 15) is 4.79 Å². The third kappa shape index (κ3) is 2.79. The zero-order valence-electron chi connectivity index (χ0n) is 10.9. The maximum absolute atomic E-state index is 12.3. The van der Waals surface area contributed by atoms with E-state index in [2.05, 4.69) is 19.9 Å². The van der Waals surface area contributed by atoms with Crippen LogP contribution in [0.3, 0.4) is 0 Å². The molecule has 0 atom stereocenters. The first kappa shape index (κ1) is 13.4. The molecule has 0 bridgehead atoms. The highest BCUT2D eigenvalue weighted by atomic mass is 32.2. The predicted molar refractivity (Wildman–Crippen MR) is 82.0 cm³/mol. The topological polar surface area (TPSA) is 124 Å². The number of nitrogens with two attached hydrogens (primary N) is 2. The van der Waals surface area contributed by atoms with E-state index in [1.54, 1.807) is 6.20 Å². The van der Waals surface area contributed by atoms with Gasteiger partial charge in [0.1, 0.15) is 0 Å². The van der Waals surface area contributed by atoms with Gasteiger partial charge in [-0.1, -0.05) is 30.0 Å². The van der Waals surface area contributed by atoms with Gasteiger partial charge in [-0.2, -0.15) is 15.0 Å². The molecule has 0 fully saturated rings. The number of carbonyl (C=O) groups excluding carboxylic acids is 1. The van der Waals surface area contributed by atoms with Gasteiger partial charge in [-0.25, -0.2) is 0 Å². The number of rotatable bonds is 4. The average molecular weight is 300 g/mol. The summed E-state index contributed by atoms with van der Waals surface area (Å²) < 4.78 is 0.